The fourth-order valence-corrected chi connectivity index (χ4v) is 2.77. The van der Waals surface area contributed by atoms with Crippen LogP contribution < -0.4 is 5.32 Å². The summed E-state index contributed by atoms with van der Waals surface area (Å²) in [7, 11) is 0. The number of carbonyl (C=O) groups excluding carboxylic acids is 1. The summed E-state index contributed by atoms with van der Waals surface area (Å²) in [5.74, 6) is 1.42. The molecule has 1 aromatic carbocycles. The topological polar surface area (TPSA) is 66.4 Å². The molecule has 0 radical (unpaired) electrons. The van der Waals surface area contributed by atoms with Crippen LogP contribution in [-0.2, 0) is 15.3 Å². The lowest BCUT2D eigenvalue weighted by molar-refractivity contribution is -0.136. The Bertz CT molecular complexity index is 452. The van der Waals surface area contributed by atoms with E-state index in [0.29, 0.717) is 12.2 Å². The molecule has 1 aromatic rings. The number of anilines is 1. The Morgan fingerprint density at radius 2 is 2.05 bits per heavy atom. The molecule has 0 bridgehead atoms. The van der Waals surface area contributed by atoms with E-state index in [4.69, 9.17) is 5.11 Å². The number of carboxylic acids is 1. The number of hydrogen-bond acceptors (Lipinski definition) is 4. The van der Waals surface area contributed by atoms with Gasteiger partial charge in [0.05, 0.1) is 6.42 Å². The summed E-state index contributed by atoms with van der Waals surface area (Å²) in [6, 6.07) is 7.68. The normalized spacial score (nSPS) is 10.2. The van der Waals surface area contributed by atoms with Gasteiger partial charge >= 0.3 is 5.97 Å². The Morgan fingerprint density at radius 1 is 1.25 bits per heavy atom. The number of thioether (sulfide) groups is 2. The first-order valence-electron chi connectivity index (χ1n) is 6.29. The third-order valence-corrected chi connectivity index (χ3v) is 4.12. The molecule has 0 saturated carbocycles. The largest absolute Gasteiger partial charge is 0.481 e. The van der Waals surface area contributed by atoms with Gasteiger partial charge in [-0.3, -0.25) is 9.59 Å². The quantitative estimate of drug-likeness (QED) is 0.686. The highest BCUT2D eigenvalue weighted by molar-refractivity contribution is 7.98. The van der Waals surface area contributed by atoms with Crippen molar-refractivity contribution in [3.05, 3.63) is 29.8 Å². The summed E-state index contributed by atoms with van der Waals surface area (Å²) in [6.07, 6.45) is 2.66. The minimum absolute atomic E-state index is 0.0232. The summed E-state index contributed by atoms with van der Waals surface area (Å²) in [6.45, 7) is 0. The van der Waals surface area contributed by atoms with Crippen LogP contribution in [0.25, 0.3) is 0 Å². The second-order valence-corrected chi connectivity index (χ2v) is 6.28. The lowest BCUT2D eigenvalue weighted by Gasteiger charge is -2.07. The van der Waals surface area contributed by atoms with E-state index in [2.05, 4.69) is 5.32 Å². The van der Waals surface area contributed by atoms with Gasteiger partial charge in [0.15, 0.2) is 0 Å². The molecule has 0 aliphatic carbocycles. The molecule has 0 fully saturated rings. The second kappa shape index (κ2) is 9.72. The summed E-state index contributed by atoms with van der Waals surface area (Å²) in [5.41, 5.74) is 1.88. The third kappa shape index (κ3) is 7.45. The van der Waals surface area contributed by atoms with E-state index in [1.165, 1.54) is 0 Å². The maximum absolute atomic E-state index is 11.6. The molecule has 110 valence electrons. The SMILES string of the molecule is CSCCC(=O)Nc1cccc(CSCCC(=O)O)c1. The Hall–Kier alpha value is -1.14. The van der Waals surface area contributed by atoms with E-state index >= 15 is 0 Å². The Labute approximate surface area is 127 Å². The van der Waals surface area contributed by atoms with Gasteiger partial charge in [0, 0.05) is 29.4 Å². The number of amides is 1. The first kappa shape index (κ1) is 16.9. The predicted molar refractivity (Wildman–Crippen MR) is 86.5 cm³/mol. The average molecular weight is 313 g/mol. The first-order chi connectivity index (χ1) is 9.61. The van der Waals surface area contributed by atoms with Crippen molar-refractivity contribution in [1.29, 1.82) is 0 Å². The van der Waals surface area contributed by atoms with Gasteiger partial charge in [-0.15, -0.1) is 0 Å². The Kier molecular flexibility index (Phi) is 8.22. The molecule has 0 heterocycles. The van der Waals surface area contributed by atoms with E-state index in [1.54, 1.807) is 23.5 Å². The highest BCUT2D eigenvalue weighted by Crippen LogP contribution is 2.17. The minimum atomic E-state index is -0.771. The van der Waals surface area contributed by atoms with Crippen molar-refractivity contribution < 1.29 is 14.7 Å². The fraction of sp³-hybridized carbons (Fsp3) is 0.429. The van der Waals surface area contributed by atoms with Gasteiger partial charge < -0.3 is 10.4 Å². The molecule has 0 unspecified atom stereocenters. The van der Waals surface area contributed by atoms with Crippen LogP contribution in [-0.4, -0.2) is 34.7 Å². The van der Waals surface area contributed by atoms with Crippen LogP contribution in [0.5, 0.6) is 0 Å². The zero-order valence-electron chi connectivity index (χ0n) is 11.4. The van der Waals surface area contributed by atoms with Crippen LogP contribution in [0.1, 0.15) is 18.4 Å². The van der Waals surface area contributed by atoms with Crippen LogP contribution in [0, 0.1) is 0 Å². The molecule has 0 aliphatic rings. The zero-order valence-corrected chi connectivity index (χ0v) is 13.1. The van der Waals surface area contributed by atoms with Gasteiger partial charge in [-0.2, -0.15) is 23.5 Å². The first-order valence-corrected chi connectivity index (χ1v) is 8.84. The average Bonchev–Trinajstić information content (AvgIpc) is 2.41. The maximum atomic E-state index is 11.6. The van der Waals surface area contributed by atoms with Gasteiger partial charge in [0.25, 0.3) is 0 Å². The van der Waals surface area contributed by atoms with Crippen molar-refractivity contribution in [1.82, 2.24) is 0 Å². The number of carboxylic acid groups (broad SMARTS) is 1. The molecule has 0 spiro atoms. The summed E-state index contributed by atoms with van der Waals surface area (Å²) in [5, 5.41) is 11.4. The van der Waals surface area contributed by atoms with Crippen LogP contribution in [0.3, 0.4) is 0 Å². The van der Waals surface area contributed by atoms with E-state index in [-0.39, 0.29) is 12.3 Å². The molecule has 0 aliphatic heterocycles. The molecule has 2 N–H and O–H groups in total. The standard InChI is InChI=1S/C14H19NO3S2/c1-19-7-5-13(16)15-12-4-2-3-11(9-12)10-20-8-6-14(17)18/h2-4,9H,5-8,10H2,1H3,(H,15,16)(H,17,18). The van der Waals surface area contributed by atoms with Crippen LogP contribution in [0.2, 0.25) is 0 Å². The molecule has 1 amide bonds. The number of carbonyl (C=O) groups is 2. The molecule has 4 nitrogen and oxygen atoms in total. The van der Waals surface area contributed by atoms with E-state index in [9.17, 15) is 9.59 Å². The highest BCUT2D eigenvalue weighted by atomic mass is 32.2. The third-order valence-electron chi connectivity index (χ3n) is 2.47. The lowest BCUT2D eigenvalue weighted by atomic mass is 10.2. The number of nitrogens with one attached hydrogen (secondary N) is 1. The Balaban J connectivity index is 2.40. The smallest absolute Gasteiger partial charge is 0.304 e. The molecule has 6 heteroatoms. The van der Waals surface area contributed by atoms with Crippen LogP contribution >= 0.6 is 23.5 Å². The molecule has 1 rings (SSSR count). The van der Waals surface area contributed by atoms with Crippen molar-refractivity contribution in [2.45, 2.75) is 18.6 Å². The van der Waals surface area contributed by atoms with Crippen LogP contribution in [0.4, 0.5) is 5.69 Å². The summed E-state index contributed by atoms with van der Waals surface area (Å²) >= 11 is 3.23. The van der Waals surface area contributed by atoms with E-state index < -0.39 is 5.97 Å². The second-order valence-electron chi connectivity index (χ2n) is 4.19. The number of aliphatic carboxylic acids is 1. The van der Waals surface area contributed by atoms with Crippen molar-refractivity contribution in [3.63, 3.8) is 0 Å². The van der Waals surface area contributed by atoms with Gasteiger partial charge in [-0.05, 0) is 24.0 Å². The van der Waals surface area contributed by atoms with E-state index in [0.717, 1.165) is 22.8 Å². The molecule has 20 heavy (non-hydrogen) atoms. The van der Waals surface area contributed by atoms with Gasteiger partial charge in [0.2, 0.25) is 5.91 Å². The zero-order chi connectivity index (χ0) is 14.8. The minimum Gasteiger partial charge on any atom is -0.481 e. The van der Waals surface area contributed by atoms with Gasteiger partial charge in [0.1, 0.15) is 0 Å². The molecule has 0 atom stereocenters. The van der Waals surface area contributed by atoms with Crippen molar-refractivity contribution in [2.75, 3.05) is 23.1 Å². The molecular formula is C14H19NO3S2. The molecule has 0 saturated heterocycles. The lowest BCUT2D eigenvalue weighted by Crippen LogP contribution is -2.12. The van der Waals surface area contributed by atoms with Crippen molar-refractivity contribution in [2.24, 2.45) is 0 Å². The summed E-state index contributed by atoms with van der Waals surface area (Å²) < 4.78 is 0. The predicted octanol–water partition coefficient (Wildman–Crippen LogP) is 3.09. The van der Waals surface area contributed by atoms with E-state index in [1.807, 2.05) is 30.5 Å². The van der Waals surface area contributed by atoms with Gasteiger partial charge in [-0.1, -0.05) is 12.1 Å². The number of benzene rings is 1. The van der Waals surface area contributed by atoms with Crippen LogP contribution in [0.15, 0.2) is 24.3 Å². The monoisotopic (exact) mass is 313 g/mol. The number of hydrogen-bond donors (Lipinski definition) is 2. The Morgan fingerprint density at radius 3 is 2.75 bits per heavy atom. The molecular weight excluding hydrogens is 294 g/mol. The molecule has 0 aromatic heterocycles. The number of rotatable bonds is 9. The summed E-state index contributed by atoms with van der Waals surface area (Å²) in [4.78, 5) is 22.0. The highest BCUT2D eigenvalue weighted by Gasteiger charge is 2.03. The fourth-order valence-electron chi connectivity index (χ4n) is 1.51. The van der Waals surface area contributed by atoms with Crippen molar-refractivity contribution >= 4 is 41.1 Å². The van der Waals surface area contributed by atoms with Crippen molar-refractivity contribution in [3.8, 4) is 0 Å². The van der Waals surface area contributed by atoms with Gasteiger partial charge in [-0.25, -0.2) is 0 Å². The maximum Gasteiger partial charge on any atom is 0.304 e.